The Balaban J connectivity index is 1.74. The average Bonchev–Trinajstić information content (AvgIpc) is 3.20. The Morgan fingerprint density at radius 1 is 1.18 bits per heavy atom. The predicted octanol–water partition coefficient (Wildman–Crippen LogP) is 3.90. The van der Waals surface area contributed by atoms with Crippen LogP contribution in [0.25, 0.3) is 0 Å². The highest BCUT2D eigenvalue weighted by molar-refractivity contribution is 6.31. The summed E-state index contributed by atoms with van der Waals surface area (Å²) in [5.74, 6) is -0.236. The Kier molecular flexibility index (Phi) is 6.90. The van der Waals surface area contributed by atoms with Crippen LogP contribution in [0.1, 0.15) is 40.5 Å². The first-order valence-corrected chi connectivity index (χ1v) is 9.68. The van der Waals surface area contributed by atoms with E-state index < -0.39 is 0 Å². The van der Waals surface area contributed by atoms with Gasteiger partial charge in [-0.05, 0) is 50.1 Å². The standard InChI is InChI=1S/C21H23ClN2O4/c1-2-27-19-12-14(22)9-10-17(19)21(26)24-18-8-4-3-7-16(18)20(25)23-13-15-6-5-11-28-15/h3-4,7-10,12,15H,2,5-6,11,13H2,1H3,(H,23,25)(H,24,26)/t15-/m0/s1. The minimum Gasteiger partial charge on any atom is -0.493 e. The van der Waals surface area contributed by atoms with Gasteiger partial charge in [-0.3, -0.25) is 9.59 Å². The lowest BCUT2D eigenvalue weighted by atomic mass is 10.1. The monoisotopic (exact) mass is 402 g/mol. The molecule has 2 N–H and O–H groups in total. The number of carbonyl (C=O) groups is 2. The molecule has 2 aromatic carbocycles. The lowest BCUT2D eigenvalue weighted by Crippen LogP contribution is -2.32. The van der Waals surface area contributed by atoms with E-state index >= 15 is 0 Å². The van der Waals surface area contributed by atoms with Gasteiger partial charge in [0, 0.05) is 18.2 Å². The van der Waals surface area contributed by atoms with Crippen LogP contribution in [-0.2, 0) is 4.74 Å². The molecule has 28 heavy (non-hydrogen) atoms. The van der Waals surface area contributed by atoms with Crippen LogP contribution < -0.4 is 15.4 Å². The minimum absolute atomic E-state index is 0.0496. The van der Waals surface area contributed by atoms with Crippen molar-refractivity contribution in [3.05, 3.63) is 58.6 Å². The van der Waals surface area contributed by atoms with Crippen molar-refractivity contribution in [2.24, 2.45) is 0 Å². The maximum Gasteiger partial charge on any atom is 0.259 e. The van der Waals surface area contributed by atoms with Crippen molar-refractivity contribution in [2.75, 3.05) is 25.1 Å². The highest BCUT2D eigenvalue weighted by atomic mass is 35.5. The van der Waals surface area contributed by atoms with E-state index in [1.807, 2.05) is 6.92 Å². The first-order chi connectivity index (χ1) is 13.6. The number of halogens is 1. The van der Waals surface area contributed by atoms with Crippen molar-refractivity contribution in [3.63, 3.8) is 0 Å². The van der Waals surface area contributed by atoms with E-state index in [-0.39, 0.29) is 17.9 Å². The Hall–Kier alpha value is -2.57. The molecule has 2 aromatic rings. The predicted molar refractivity (Wildman–Crippen MR) is 108 cm³/mol. The number of anilines is 1. The Labute approximate surface area is 169 Å². The van der Waals surface area contributed by atoms with Crippen molar-refractivity contribution < 1.29 is 19.1 Å². The van der Waals surface area contributed by atoms with Gasteiger partial charge in [0.2, 0.25) is 0 Å². The van der Waals surface area contributed by atoms with Crippen molar-refractivity contribution in [1.82, 2.24) is 5.32 Å². The van der Waals surface area contributed by atoms with Crippen molar-refractivity contribution in [3.8, 4) is 5.75 Å². The zero-order chi connectivity index (χ0) is 19.9. The number of benzene rings is 2. The molecule has 1 saturated heterocycles. The van der Waals surface area contributed by atoms with Crippen LogP contribution in [0.2, 0.25) is 5.02 Å². The molecule has 0 radical (unpaired) electrons. The zero-order valence-corrected chi connectivity index (χ0v) is 16.4. The number of amides is 2. The molecule has 1 aliphatic rings. The first-order valence-electron chi connectivity index (χ1n) is 9.31. The molecular formula is C21H23ClN2O4. The molecule has 2 amide bonds. The third kappa shape index (κ3) is 5.03. The van der Waals surface area contributed by atoms with Crippen LogP contribution in [0.5, 0.6) is 5.75 Å². The number of hydrogen-bond donors (Lipinski definition) is 2. The van der Waals surface area contributed by atoms with E-state index in [2.05, 4.69) is 10.6 Å². The largest absolute Gasteiger partial charge is 0.493 e. The summed E-state index contributed by atoms with van der Waals surface area (Å²) < 4.78 is 11.0. The molecule has 1 fully saturated rings. The fourth-order valence-electron chi connectivity index (χ4n) is 3.05. The van der Waals surface area contributed by atoms with Gasteiger partial charge in [0.1, 0.15) is 5.75 Å². The molecule has 1 aliphatic heterocycles. The molecule has 148 valence electrons. The van der Waals surface area contributed by atoms with Gasteiger partial charge in [-0.2, -0.15) is 0 Å². The van der Waals surface area contributed by atoms with Gasteiger partial charge in [-0.25, -0.2) is 0 Å². The summed E-state index contributed by atoms with van der Waals surface area (Å²) in [7, 11) is 0. The fraction of sp³-hybridized carbons (Fsp3) is 0.333. The molecule has 1 heterocycles. The topological polar surface area (TPSA) is 76.7 Å². The second-order valence-electron chi connectivity index (χ2n) is 6.42. The second kappa shape index (κ2) is 9.57. The van der Waals surface area contributed by atoms with E-state index in [0.29, 0.717) is 40.7 Å². The van der Waals surface area contributed by atoms with Crippen LogP contribution in [0.4, 0.5) is 5.69 Å². The molecule has 1 atom stereocenters. The van der Waals surface area contributed by atoms with Gasteiger partial charge in [0.05, 0.1) is 29.5 Å². The van der Waals surface area contributed by atoms with Gasteiger partial charge in [-0.1, -0.05) is 23.7 Å². The minimum atomic E-state index is -0.375. The highest BCUT2D eigenvalue weighted by Gasteiger charge is 2.20. The molecule has 0 spiro atoms. The first kappa shape index (κ1) is 20.2. The summed E-state index contributed by atoms with van der Waals surface area (Å²) in [6, 6.07) is 11.7. The molecule has 0 unspecified atom stereocenters. The number of hydrogen-bond acceptors (Lipinski definition) is 4. The Morgan fingerprint density at radius 2 is 2.00 bits per heavy atom. The maximum atomic E-state index is 12.8. The van der Waals surface area contributed by atoms with Crippen molar-refractivity contribution in [1.29, 1.82) is 0 Å². The number of ether oxygens (including phenoxy) is 2. The van der Waals surface area contributed by atoms with Crippen LogP contribution in [0, 0.1) is 0 Å². The molecule has 0 saturated carbocycles. The maximum absolute atomic E-state index is 12.8. The van der Waals surface area contributed by atoms with Crippen LogP contribution >= 0.6 is 11.6 Å². The highest BCUT2D eigenvalue weighted by Crippen LogP contribution is 2.25. The Bertz CT molecular complexity index is 850. The summed E-state index contributed by atoms with van der Waals surface area (Å²) in [5, 5.41) is 6.16. The van der Waals surface area contributed by atoms with Gasteiger partial charge in [0.25, 0.3) is 11.8 Å². The molecule has 7 heteroatoms. The van der Waals surface area contributed by atoms with Gasteiger partial charge in [-0.15, -0.1) is 0 Å². The van der Waals surface area contributed by atoms with Gasteiger partial charge < -0.3 is 20.1 Å². The van der Waals surface area contributed by atoms with Crippen molar-refractivity contribution in [2.45, 2.75) is 25.9 Å². The van der Waals surface area contributed by atoms with Gasteiger partial charge in [0.15, 0.2) is 0 Å². The summed E-state index contributed by atoms with van der Waals surface area (Å²) in [5.41, 5.74) is 1.16. The second-order valence-corrected chi connectivity index (χ2v) is 6.85. The number of nitrogens with one attached hydrogen (secondary N) is 2. The lowest BCUT2D eigenvalue weighted by Gasteiger charge is -2.15. The number of rotatable bonds is 7. The van der Waals surface area contributed by atoms with E-state index in [1.165, 1.54) is 0 Å². The molecule has 6 nitrogen and oxygen atoms in total. The zero-order valence-electron chi connectivity index (χ0n) is 15.7. The average molecular weight is 403 g/mol. The summed E-state index contributed by atoms with van der Waals surface area (Å²) in [6.45, 7) is 3.42. The van der Waals surface area contributed by atoms with Gasteiger partial charge >= 0.3 is 0 Å². The summed E-state index contributed by atoms with van der Waals surface area (Å²) in [6.07, 6.45) is 2.00. The van der Waals surface area contributed by atoms with Crippen LogP contribution in [-0.4, -0.2) is 37.7 Å². The third-order valence-electron chi connectivity index (χ3n) is 4.42. The van der Waals surface area contributed by atoms with E-state index in [0.717, 1.165) is 19.4 Å². The number of carbonyl (C=O) groups excluding carboxylic acids is 2. The Morgan fingerprint density at radius 3 is 2.75 bits per heavy atom. The molecular weight excluding hydrogens is 380 g/mol. The fourth-order valence-corrected chi connectivity index (χ4v) is 3.21. The lowest BCUT2D eigenvalue weighted by molar-refractivity contribution is 0.0858. The van der Waals surface area contributed by atoms with Crippen LogP contribution in [0.3, 0.4) is 0 Å². The summed E-state index contributed by atoms with van der Waals surface area (Å²) >= 11 is 6.00. The third-order valence-corrected chi connectivity index (χ3v) is 4.66. The van der Waals surface area contributed by atoms with E-state index in [9.17, 15) is 9.59 Å². The summed E-state index contributed by atoms with van der Waals surface area (Å²) in [4.78, 5) is 25.4. The number of para-hydroxylation sites is 1. The molecule has 0 bridgehead atoms. The van der Waals surface area contributed by atoms with E-state index in [4.69, 9.17) is 21.1 Å². The van der Waals surface area contributed by atoms with E-state index in [1.54, 1.807) is 42.5 Å². The van der Waals surface area contributed by atoms with Crippen LogP contribution in [0.15, 0.2) is 42.5 Å². The normalized spacial score (nSPS) is 15.9. The quantitative estimate of drug-likeness (QED) is 0.736. The van der Waals surface area contributed by atoms with Crippen molar-refractivity contribution >= 4 is 29.1 Å². The molecule has 0 aromatic heterocycles. The SMILES string of the molecule is CCOc1cc(Cl)ccc1C(=O)Nc1ccccc1C(=O)NC[C@@H]1CCCO1. The molecule has 0 aliphatic carbocycles. The molecule has 3 rings (SSSR count). The smallest absolute Gasteiger partial charge is 0.259 e.